The highest BCUT2D eigenvalue weighted by Crippen LogP contribution is 2.40. The molecule has 0 amide bonds. The number of aliphatic hydroxyl groups excluding tert-OH is 1. The van der Waals surface area contributed by atoms with Crippen molar-refractivity contribution in [3.63, 3.8) is 0 Å². The quantitative estimate of drug-likeness (QED) is 0.823. The van der Waals surface area contributed by atoms with E-state index in [1.165, 1.54) is 6.07 Å². The van der Waals surface area contributed by atoms with E-state index >= 15 is 0 Å². The third kappa shape index (κ3) is 2.07. The summed E-state index contributed by atoms with van der Waals surface area (Å²) in [5.74, 6) is -1.25. The molecule has 90 valence electrons. The van der Waals surface area contributed by atoms with E-state index in [-0.39, 0.29) is 4.47 Å². The predicted octanol–water partition coefficient (Wildman–Crippen LogP) is 2.33. The highest BCUT2D eigenvalue weighted by molar-refractivity contribution is 9.10. The van der Waals surface area contributed by atoms with Crippen LogP contribution < -0.4 is 0 Å². The number of benzene rings is 1. The Morgan fingerprint density at radius 3 is 2.25 bits per heavy atom. The molecule has 0 radical (unpaired) electrons. The van der Waals surface area contributed by atoms with Crippen molar-refractivity contribution in [3.05, 3.63) is 34.1 Å². The van der Waals surface area contributed by atoms with Crippen LogP contribution in [0.3, 0.4) is 0 Å². The van der Waals surface area contributed by atoms with Gasteiger partial charge in [-0.3, -0.25) is 0 Å². The molecule has 16 heavy (non-hydrogen) atoms. The second kappa shape index (κ2) is 4.31. The van der Waals surface area contributed by atoms with Gasteiger partial charge in [0.15, 0.2) is 0 Å². The Bertz CT molecular complexity index is 394. The lowest BCUT2D eigenvalue weighted by molar-refractivity contribution is -0.278. The zero-order valence-electron chi connectivity index (χ0n) is 7.72. The number of alkyl halides is 3. The van der Waals surface area contributed by atoms with Gasteiger partial charge in [-0.05, 0) is 22.0 Å². The molecule has 1 rings (SSSR count). The first-order chi connectivity index (χ1) is 7.24. The Labute approximate surface area is 96.6 Å². The molecule has 2 nitrogen and oxygen atoms in total. The molecular weight excluding hydrogens is 296 g/mol. The molecular formula is C9H7BrF4O2. The monoisotopic (exact) mass is 302 g/mol. The third-order valence-corrected chi connectivity index (χ3v) is 2.71. The molecule has 0 saturated carbocycles. The summed E-state index contributed by atoms with van der Waals surface area (Å²) in [6.07, 6.45) is -5.16. The van der Waals surface area contributed by atoms with Crippen LogP contribution in [-0.2, 0) is 5.60 Å². The van der Waals surface area contributed by atoms with Gasteiger partial charge in [-0.1, -0.05) is 12.1 Å². The van der Waals surface area contributed by atoms with Gasteiger partial charge in [-0.2, -0.15) is 13.2 Å². The van der Waals surface area contributed by atoms with Crippen LogP contribution in [-0.4, -0.2) is 23.0 Å². The number of rotatable bonds is 2. The number of hydrogen-bond donors (Lipinski definition) is 2. The lowest BCUT2D eigenvalue weighted by atomic mass is 9.93. The average Bonchev–Trinajstić information content (AvgIpc) is 2.19. The van der Waals surface area contributed by atoms with Crippen LogP contribution in [0.1, 0.15) is 5.56 Å². The second-order valence-electron chi connectivity index (χ2n) is 3.12. The third-order valence-electron chi connectivity index (χ3n) is 2.09. The average molecular weight is 303 g/mol. The van der Waals surface area contributed by atoms with Crippen LogP contribution in [0.5, 0.6) is 0 Å². The smallest absolute Gasteiger partial charge is 0.393 e. The maximum Gasteiger partial charge on any atom is 0.423 e. The largest absolute Gasteiger partial charge is 0.423 e. The Morgan fingerprint density at radius 2 is 1.81 bits per heavy atom. The highest BCUT2D eigenvalue weighted by Gasteiger charge is 2.56. The lowest BCUT2D eigenvalue weighted by Crippen LogP contribution is -2.46. The van der Waals surface area contributed by atoms with Crippen LogP contribution in [0.2, 0.25) is 0 Å². The predicted molar refractivity (Wildman–Crippen MR) is 51.1 cm³/mol. The van der Waals surface area contributed by atoms with E-state index in [0.29, 0.717) is 0 Å². The SMILES string of the molecule is OCC(O)(c1cccc(Br)c1F)C(F)(F)F. The fourth-order valence-electron chi connectivity index (χ4n) is 1.15. The summed E-state index contributed by atoms with van der Waals surface area (Å²) < 4.78 is 50.7. The first kappa shape index (κ1) is 13.4. The first-order valence-electron chi connectivity index (χ1n) is 4.08. The summed E-state index contributed by atoms with van der Waals surface area (Å²) in [4.78, 5) is 0. The van der Waals surface area contributed by atoms with E-state index < -0.39 is 29.8 Å². The van der Waals surface area contributed by atoms with E-state index in [1.54, 1.807) is 0 Å². The highest BCUT2D eigenvalue weighted by atomic mass is 79.9. The molecule has 2 N–H and O–H groups in total. The minimum Gasteiger partial charge on any atom is -0.393 e. The Hall–Kier alpha value is -0.660. The van der Waals surface area contributed by atoms with E-state index in [0.717, 1.165) is 12.1 Å². The fourth-order valence-corrected chi connectivity index (χ4v) is 1.52. The maximum absolute atomic E-state index is 13.4. The molecule has 0 aliphatic rings. The standard InChI is InChI=1S/C9H7BrF4O2/c10-6-3-1-2-5(7(6)11)8(16,4-15)9(12,13)14/h1-3,15-16H,4H2. The van der Waals surface area contributed by atoms with Gasteiger partial charge in [-0.25, -0.2) is 4.39 Å². The second-order valence-corrected chi connectivity index (χ2v) is 3.97. The first-order valence-corrected chi connectivity index (χ1v) is 4.88. The molecule has 0 saturated heterocycles. The zero-order chi connectivity index (χ0) is 12.6. The van der Waals surface area contributed by atoms with Gasteiger partial charge in [-0.15, -0.1) is 0 Å². The van der Waals surface area contributed by atoms with Gasteiger partial charge in [0, 0.05) is 5.56 Å². The molecule has 0 fully saturated rings. The van der Waals surface area contributed by atoms with Crippen molar-refractivity contribution in [2.24, 2.45) is 0 Å². The van der Waals surface area contributed by atoms with Crippen LogP contribution in [0.25, 0.3) is 0 Å². The fraction of sp³-hybridized carbons (Fsp3) is 0.333. The van der Waals surface area contributed by atoms with Crippen molar-refractivity contribution in [2.45, 2.75) is 11.8 Å². The van der Waals surface area contributed by atoms with Crippen LogP contribution >= 0.6 is 15.9 Å². The van der Waals surface area contributed by atoms with Gasteiger partial charge in [0.2, 0.25) is 5.60 Å². The maximum atomic E-state index is 13.4. The van der Waals surface area contributed by atoms with Crippen LogP contribution in [0.4, 0.5) is 17.6 Å². The van der Waals surface area contributed by atoms with Crippen molar-refractivity contribution in [1.29, 1.82) is 0 Å². The van der Waals surface area contributed by atoms with E-state index in [1.807, 2.05) is 0 Å². The normalized spacial score (nSPS) is 15.9. The molecule has 0 aromatic heterocycles. The van der Waals surface area contributed by atoms with Crippen LogP contribution in [0, 0.1) is 5.82 Å². The van der Waals surface area contributed by atoms with Gasteiger partial charge < -0.3 is 10.2 Å². The number of halogens is 5. The van der Waals surface area contributed by atoms with Crippen molar-refractivity contribution in [2.75, 3.05) is 6.61 Å². The molecule has 1 atom stereocenters. The van der Waals surface area contributed by atoms with Gasteiger partial charge >= 0.3 is 6.18 Å². The minimum absolute atomic E-state index is 0.221. The summed E-state index contributed by atoms with van der Waals surface area (Å²) in [5.41, 5.74) is -4.61. The molecule has 0 heterocycles. The summed E-state index contributed by atoms with van der Waals surface area (Å²) in [7, 11) is 0. The summed E-state index contributed by atoms with van der Waals surface area (Å²) >= 11 is 2.70. The molecule has 1 unspecified atom stereocenters. The molecule has 1 aromatic carbocycles. The summed E-state index contributed by atoms with van der Waals surface area (Å²) in [6.45, 7) is -1.65. The van der Waals surface area contributed by atoms with E-state index in [9.17, 15) is 22.7 Å². The summed E-state index contributed by atoms with van der Waals surface area (Å²) in [6, 6.07) is 3.09. The number of aliphatic hydroxyl groups is 2. The molecule has 7 heteroatoms. The van der Waals surface area contributed by atoms with Gasteiger partial charge in [0.25, 0.3) is 0 Å². The van der Waals surface area contributed by atoms with Gasteiger partial charge in [0.05, 0.1) is 11.1 Å². The van der Waals surface area contributed by atoms with Crippen molar-refractivity contribution >= 4 is 15.9 Å². The Balaban J connectivity index is 3.40. The van der Waals surface area contributed by atoms with Crippen molar-refractivity contribution in [3.8, 4) is 0 Å². The Morgan fingerprint density at radius 1 is 1.25 bits per heavy atom. The summed E-state index contributed by atoms with van der Waals surface area (Å²) in [5, 5.41) is 17.9. The minimum atomic E-state index is -5.16. The van der Waals surface area contributed by atoms with Crippen LogP contribution in [0.15, 0.2) is 22.7 Å². The zero-order valence-corrected chi connectivity index (χ0v) is 9.31. The van der Waals surface area contributed by atoms with E-state index in [2.05, 4.69) is 15.9 Å². The van der Waals surface area contributed by atoms with Gasteiger partial charge in [0.1, 0.15) is 5.82 Å². The molecule has 0 spiro atoms. The topological polar surface area (TPSA) is 40.5 Å². The van der Waals surface area contributed by atoms with Crippen molar-refractivity contribution < 1.29 is 27.8 Å². The molecule has 0 aliphatic carbocycles. The lowest BCUT2D eigenvalue weighted by Gasteiger charge is -2.29. The molecule has 0 bridgehead atoms. The molecule has 1 aromatic rings. The van der Waals surface area contributed by atoms with E-state index in [4.69, 9.17) is 5.11 Å². The molecule has 0 aliphatic heterocycles. The van der Waals surface area contributed by atoms with Crippen molar-refractivity contribution in [1.82, 2.24) is 0 Å². The number of hydrogen-bond acceptors (Lipinski definition) is 2. The Kier molecular flexibility index (Phi) is 3.61.